The molecular weight excluding hydrogens is 330 g/mol. The van der Waals surface area contributed by atoms with Crippen molar-refractivity contribution >= 4 is 5.91 Å². The molecular formula is C20H33N3O3+2. The summed E-state index contributed by atoms with van der Waals surface area (Å²) in [6, 6.07) is 4.66. The molecule has 0 spiro atoms. The van der Waals surface area contributed by atoms with Crippen molar-refractivity contribution in [3.8, 4) is 11.5 Å². The van der Waals surface area contributed by atoms with Crippen LogP contribution in [0.5, 0.6) is 11.5 Å². The summed E-state index contributed by atoms with van der Waals surface area (Å²) >= 11 is 0. The molecule has 1 aliphatic heterocycles. The van der Waals surface area contributed by atoms with E-state index in [0.717, 1.165) is 57.1 Å². The molecule has 144 valence electrons. The van der Waals surface area contributed by atoms with Gasteiger partial charge in [-0.3, -0.25) is 4.79 Å². The molecule has 3 rings (SSSR count). The summed E-state index contributed by atoms with van der Waals surface area (Å²) < 4.78 is 10.8. The summed E-state index contributed by atoms with van der Waals surface area (Å²) in [5.41, 5.74) is 2.54. The van der Waals surface area contributed by atoms with E-state index in [2.05, 4.69) is 31.3 Å². The molecule has 0 aromatic heterocycles. The monoisotopic (exact) mass is 363 g/mol. The summed E-state index contributed by atoms with van der Waals surface area (Å²) in [4.78, 5) is 15.3. The Labute approximate surface area is 156 Å². The van der Waals surface area contributed by atoms with E-state index in [4.69, 9.17) is 9.47 Å². The van der Waals surface area contributed by atoms with Crippen molar-refractivity contribution in [2.75, 3.05) is 40.4 Å². The van der Waals surface area contributed by atoms with Crippen LogP contribution in [0.2, 0.25) is 0 Å². The molecule has 1 heterocycles. The van der Waals surface area contributed by atoms with Crippen molar-refractivity contribution in [1.29, 1.82) is 0 Å². The number of quaternary nitrogens is 2. The Morgan fingerprint density at radius 2 is 1.77 bits per heavy atom. The van der Waals surface area contributed by atoms with Crippen LogP contribution < -0.4 is 24.6 Å². The quantitative estimate of drug-likeness (QED) is 0.580. The van der Waals surface area contributed by atoms with Crippen molar-refractivity contribution in [1.82, 2.24) is 5.32 Å². The number of methoxy groups -OCH3 is 2. The number of rotatable bonds is 7. The first kappa shape index (κ1) is 19.0. The van der Waals surface area contributed by atoms with Crippen molar-refractivity contribution in [2.24, 2.45) is 0 Å². The average molecular weight is 364 g/mol. The predicted octanol–water partition coefficient (Wildman–Crippen LogP) is -1.04. The van der Waals surface area contributed by atoms with Crippen molar-refractivity contribution in [3.05, 3.63) is 23.3 Å². The molecule has 6 heteroatoms. The van der Waals surface area contributed by atoms with Gasteiger partial charge in [-0.1, -0.05) is 0 Å². The van der Waals surface area contributed by atoms with E-state index in [1.807, 2.05) is 0 Å². The molecule has 1 saturated heterocycles. The molecule has 26 heavy (non-hydrogen) atoms. The van der Waals surface area contributed by atoms with Crippen LogP contribution >= 0.6 is 0 Å². The molecule has 0 unspecified atom stereocenters. The van der Waals surface area contributed by atoms with E-state index in [9.17, 15) is 4.79 Å². The van der Waals surface area contributed by atoms with Crippen LogP contribution in [0.15, 0.2) is 12.1 Å². The van der Waals surface area contributed by atoms with Gasteiger partial charge >= 0.3 is 0 Å². The van der Waals surface area contributed by atoms with E-state index in [0.29, 0.717) is 6.04 Å². The Morgan fingerprint density at radius 1 is 1.15 bits per heavy atom. The molecule has 6 nitrogen and oxygen atoms in total. The largest absolute Gasteiger partial charge is 0.493 e. The Bertz CT molecular complexity index is 637. The summed E-state index contributed by atoms with van der Waals surface area (Å²) in [5.74, 6) is 1.80. The maximum Gasteiger partial charge on any atom is 0.278 e. The standard InChI is InChI=1S/C20H31N3O3/c1-14-11-18(25-3)19(26-4)12-16(14)13-22-7-9-23(10-8-22)15(2)20(24)21-17-5-6-17/h11-12,15,17H,5-10,13H2,1-4H3,(H,21,24)/p+2/t15-/m1/s1. The summed E-state index contributed by atoms with van der Waals surface area (Å²) in [7, 11) is 3.35. The van der Waals surface area contributed by atoms with Gasteiger partial charge in [-0.05, 0) is 44.4 Å². The highest BCUT2D eigenvalue weighted by molar-refractivity contribution is 5.80. The van der Waals surface area contributed by atoms with Gasteiger partial charge < -0.3 is 24.6 Å². The summed E-state index contributed by atoms with van der Waals surface area (Å²) in [6.45, 7) is 9.44. The molecule has 2 aliphatic rings. The number of aryl methyl sites for hydroxylation is 1. The average Bonchev–Trinajstić information content (AvgIpc) is 3.47. The fourth-order valence-electron chi connectivity index (χ4n) is 3.76. The number of hydrogen-bond donors (Lipinski definition) is 3. The van der Waals surface area contributed by atoms with Crippen LogP contribution in [-0.2, 0) is 11.3 Å². The SMILES string of the molecule is COc1cc(C)c(C[NH+]2CC[NH+]([C@H](C)C(=O)NC3CC3)CC2)cc1OC. The Morgan fingerprint density at radius 3 is 2.35 bits per heavy atom. The third-order valence-electron chi connectivity index (χ3n) is 5.81. The molecule has 1 saturated carbocycles. The molecule has 1 aromatic rings. The second-order valence-corrected chi connectivity index (χ2v) is 7.72. The highest BCUT2D eigenvalue weighted by Gasteiger charge is 2.33. The van der Waals surface area contributed by atoms with Gasteiger partial charge in [0.25, 0.3) is 5.91 Å². The van der Waals surface area contributed by atoms with E-state index >= 15 is 0 Å². The van der Waals surface area contributed by atoms with E-state index in [-0.39, 0.29) is 11.9 Å². The lowest BCUT2D eigenvalue weighted by Crippen LogP contribution is -3.29. The Kier molecular flexibility index (Phi) is 6.04. The third kappa shape index (κ3) is 4.48. The Hall–Kier alpha value is -1.79. The maximum absolute atomic E-state index is 12.3. The first-order chi connectivity index (χ1) is 12.5. The lowest BCUT2D eigenvalue weighted by Gasteiger charge is -2.33. The topological polar surface area (TPSA) is 56.4 Å². The van der Waals surface area contributed by atoms with Crippen LogP contribution in [0.1, 0.15) is 30.9 Å². The van der Waals surface area contributed by atoms with E-state index < -0.39 is 0 Å². The van der Waals surface area contributed by atoms with Crippen molar-refractivity contribution in [2.45, 2.75) is 45.3 Å². The second kappa shape index (κ2) is 8.27. The molecule has 0 bridgehead atoms. The second-order valence-electron chi connectivity index (χ2n) is 7.72. The minimum Gasteiger partial charge on any atom is -0.493 e. The van der Waals surface area contributed by atoms with Gasteiger partial charge in [-0.25, -0.2) is 0 Å². The van der Waals surface area contributed by atoms with Crippen LogP contribution in [0.3, 0.4) is 0 Å². The van der Waals surface area contributed by atoms with Gasteiger partial charge in [-0.15, -0.1) is 0 Å². The summed E-state index contributed by atoms with van der Waals surface area (Å²) in [6.07, 6.45) is 2.30. The van der Waals surface area contributed by atoms with Gasteiger partial charge in [0.1, 0.15) is 32.7 Å². The highest BCUT2D eigenvalue weighted by Crippen LogP contribution is 2.29. The first-order valence-corrected chi connectivity index (χ1v) is 9.71. The molecule has 0 radical (unpaired) electrons. The number of benzene rings is 1. The van der Waals surface area contributed by atoms with Gasteiger partial charge in [0.15, 0.2) is 17.5 Å². The van der Waals surface area contributed by atoms with Crippen LogP contribution in [0, 0.1) is 6.92 Å². The number of piperazine rings is 1. The number of nitrogens with one attached hydrogen (secondary N) is 3. The number of carbonyl (C=O) groups is 1. The highest BCUT2D eigenvalue weighted by atomic mass is 16.5. The lowest BCUT2D eigenvalue weighted by atomic mass is 10.1. The van der Waals surface area contributed by atoms with Crippen molar-refractivity contribution < 1.29 is 24.1 Å². The minimum atomic E-state index is 0.0555. The predicted molar refractivity (Wildman–Crippen MR) is 100 cm³/mol. The van der Waals surface area contributed by atoms with Gasteiger partial charge in [-0.2, -0.15) is 0 Å². The van der Waals surface area contributed by atoms with Crippen LogP contribution in [0.25, 0.3) is 0 Å². The van der Waals surface area contributed by atoms with Gasteiger partial charge in [0, 0.05) is 11.6 Å². The fourth-order valence-corrected chi connectivity index (χ4v) is 3.76. The molecule has 1 amide bonds. The number of carbonyl (C=O) groups excluding carboxylic acids is 1. The summed E-state index contributed by atoms with van der Waals surface area (Å²) in [5, 5.41) is 3.14. The smallest absolute Gasteiger partial charge is 0.278 e. The number of ether oxygens (including phenoxy) is 2. The normalized spacial score (nSPS) is 24.0. The zero-order chi connectivity index (χ0) is 18.7. The van der Waals surface area contributed by atoms with Crippen LogP contribution in [-0.4, -0.2) is 58.4 Å². The Balaban J connectivity index is 1.54. The van der Waals surface area contributed by atoms with E-state index in [1.165, 1.54) is 16.0 Å². The number of amides is 1. The fraction of sp³-hybridized carbons (Fsp3) is 0.650. The zero-order valence-electron chi connectivity index (χ0n) is 16.5. The molecule has 3 N–H and O–H groups in total. The maximum atomic E-state index is 12.3. The zero-order valence-corrected chi connectivity index (χ0v) is 16.5. The molecule has 1 aromatic carbocycles. The number of hydrogen-bond acceptors (Lipinski definition) is 3. The molecule has 1 atom stereocenters. The lowest BCUT2D eigenvalue weighted by molar-refractivity contribution is -1.02. The van der Waals surface area contributed by atoms with E-state index in [1.54, 1.807) is 19.1 Å². The van der Waals surface area contributed by atoms with Gasteiger partial charge in [0.05, 0.1) is 14.2 Å². The molecule has 2 fully saturated rings. The van der Waals surface area contributed by atoms with Crippen LogP contribution in [0.4, 0.5) is 0 Å². The van der Waals surface area contributed by atoms with Crippen molar-refractivity contribution in [3.63, 3.8) is 0 Å². The molecule has 1 aliphatic carbocycles. The third-order valence-corrected chi connectivity index (χ3v) is 5.81. The van der Waals surface area contributed by atoms with Gasteiger partial charge in [0.2, 0.25) is 0 Å². The first-order valence-electron chi connectivity index (χ1n) is 9.71. The minimum absolute atomic E-state index is 0.0555.